The molecule has 1 aromatic heterocycles. The molecule has 11 heteroatoms. The van der Waals surface area contributed by atoms with Crippen LogP contribution in [0.5, 0.6) is 0 Å². The molecule has 0 saturated carbocycles. The predicted octanol–water partition coefficient (Wildman–Crippen LogP) is 0.999. The predicted molar refractivity (Wildman–Crippen MR) is 124 cm³/mol. The number of hydrogen-bond acceptors (Lipinski definition) is 6. The van der Waals surface area contributed by atoms with Crippen molar-refractivity contribution >= 4 is 38.6 Å². The Balaban J connectivity index is 1.63. The fourth-order valence-electron chi connectivity index (χ4n) is 4.48. The second-order valence-electron chi connectivity index (χ2n) is 8.32. The zero-order valence-electron chi connectivity index (χ0n) is 18.6. The van der Waals surface area contributed by atoms with E-state index in [1.807, 2.05) is 12.1 Å². The van der Waals surface area contributed by atoms with Gasteiger partial charge in [0.05, 0.1) is 5.75 Å². The maximum atomic E-state index is 13.5. The number of aliphatic carboxylic acids is 1. The number of carbonyl (C=O) groups is 3. The van der Waals surface area contributed by atoms with Crippen LogP contribution in [0.15, 0.2) is 48.7 Å². The van der Waals surface area contributed by atoms with Crippen molar-refractivity contribution in [2.75, 3.05) is 18.8 Å². The van der Waals surface area contributed by atoms with Crippen molar-refractivity contribution in [3.05, 3.63) is 54.4 Å². The molecule has 2 aliphatic rings. The third kappa shape index (κ3) is 4.53. The molecular weight excluding hydrogens is 460 g/mol. The molecular formula is C23H26N4O6S. The lowest BCUT2D eigenvalue weighted by Gasteiger charge is -2.45. The van der Waals surface area contributed by atoms with Gasteiger partial charge in [0.2, 0.25) is 15.9 Å². The van der Waals surface area contributed by atoms with Gasteiger partial charge in [-0.25, -0.2) is 13.2 Å². The molecule has 2 aliphatic heterocycles. The minimum atomic E-state index is -3.64. The Bertz CT molecular complexity index is 1260. The van der Waals surface area contributed by atoms with Gasteiger partial charge in [-0.1, -0.05) is 36.4 Å². The van der Waals surface area contributed by atoms with Crippen LogP contribution in [0.3, 0.4) is 0 Å². The summed E-state index contributed by atoms with van der Waals surface area (Å²) in [6.45, 7) is 1.16. The smallest absolute Gasteiger partial charge is 0.327 e. The Morgan fingerprint density at radius 3 is 2.62 bits per heavy atom. The summed E-state index contributed by atoms with van der Waals surface area (Å²) in [7, 11) is -3.64. The zero-order valence-corrected chi connectivity index (χ0v) is 19.4. The quantitative estimate of drug-likeness (QED) is 0.602. The van der Waals surface area contributed by atoms with Gasteiger partial charge in [0.1, 0.15) is 17.8 Å². The lowest BCUT2D eigenvalue weighted by atomic mass is 9.98. The van der Waals surface area contributed by atoms with E-state index in [-0.39, 0.29) is 31.0 Å². The summed E-state index contributed by atoms with van der Waals surface area (Å²) in [5.74, 6) is -2.55. The minimum Gasteiger partial charge on any atom is -0.480 e. The first-order chi connectivity index (χ1) is 16.2. The Kier molecular flexibility index (Phi) is 6.67. The van der Waals surface area contributed by atoms with Crippen LogP contribution >= 0.6 is 0 Å². The molecule has 2 N–H and O–H groups in total. The minimum absolute atomic E-state index is 0.00157. The van der Waals surface area contributed by atoms with Gasteiger partial charge in [-0.3, -0.25) is 14.6 Å². The number of nitrogens with one attached hydrogen (secondary N) is 1. The van der Waals surface area contributed by atoms with Gasteiger partial charge in [-0.15, -0.1) is 0 Å². The van der Waals surface area contributed by atoms with Crippen LogP contribution in [-0.2, 0) is 19.6 Å². The highest BCUT2D eigenvalue weighted by Crippen LogP contribution is 2.25. The van der Waals surface area contributed by atoms with E-state index >= 15 is 0 Å². The summed E-state index contributed by atoms with van der Waals surface area (Å²) < 4.78 is 26.0. The van der Waals surface area contributed by atoms with Crippen molar-refractivity contribution in [1.82, 2.24) is 19.5 Å². The second kappa shape index (κ2) is 9.51. The van der Waals surface area contributed by atoms with E-state index in [1.54, 1.807) is 30.4 Å². The Hall–Kier alpha value is -3.31. The van der Waals surface area contributed by atoms with Gasteiger partial charge in [0.25, 0.3) is 5.91 Å². The number of carbonyl (C=O) groups excluding carboxylic acids is 2. The number of sulfonamides is 1. The van der Waals surface area contributed by atoms with Crippen LogP contribution < -0.4 is 5.32 Å². The van der Waals surface area contributed by atoms with Crippen molar-refractivity contribution in [1.29, 1.82) is 0 Å². The SMILES string of the molecule is CCS(=O)(=O)N1C[C@@H]2C/C=C\C[C@H](NC(=O)c3nccc4ccccc34)C(=O)N2[C@H](C(=O)O)C1. The summed E-state index contributed by atoms with van der Waals surface area (Å²) in [4.78, 5) is 44.1. The zero-order chi connectivity index (χ0) is 24.5. The molecule has 4 rings (SSSR count). The van der Waals surface area contributed by atoms with E-state index in [0.29, 0.717) is 11.8 Å². The highest BCUT2D eigenvalue weighted by atomic mass is 32.2. The van der Waals surface area contributed by atoms with E-state index in [4.69, 9.17) is 0 Å². The van der Waals surface area contributed by atoms with Crippen molar-refractivity contribution in [3.63, 3.8) is 0 Å². The maximum absolute atomic E-state index is 13.5. The molecule has 1 aromatic carbocycles. The largest absolute Gasteiger partial charge is 0.480 e. The highest BCUT2D eigenvalue weighted by Gasteiger charge is 2.46. The van der Waals surface area contributed by atoms with Gasteiger partial charge in [0.15, 0.2) is 0 Å². The number of pyridine rings is 1. The summed E-state index contributed by atoms with van der Waals surface area (Å²) in [6.07, 6.45) is 5.56. The van der Waals surface area contributed by atoms with E-state index in [2.05, 4.69) is 10.3 Å². The number of amides is 2. The molecule has 34 heavy (non-hydrogen) atoms. The van der Waals surface area contributed by atoms with Crippen molar-refractivity contribution in [2.45, 2.75) is 37.9 Å². The molecule has 1 saturated heterocycles. The van der Waals surface area contributed by atoms with Crippen LogP contribution in [0.1, 0.15) is 30.3 Å². The first-order valence-electron chi connectivity index (χ1n) is 11.1. The number of carboxylic acid groups (broad SMARTS) is 1. The van der Waals surface area contributed by atoms with E-state index in [9.17, 15) is 27.9 Å². The molecule has 0 bridgehead atoms. The van der Waals surface area contributed by atoms with Gasteiger partial charge in [-0.2, -0.15) is 4.31 Å². The third-order valence-corrected chi connectivity index (χ3v) is 8.07. The monoisotopic (exact) mass is 486 g/mol. The Morgan fingerprint density at radius 1 is 1.15 bits per heavy atom. The van der Waals surface area contributed by atoms with Crippen molar-refractivity contribution in [3.8, 4) is 0 Å². The topological polar surface area (TPSA) is 137 Å². The number of benzene rings is 1. The number of carboxylic acids is 1. The molecule has 180 valence electrons. The number of nitrogens with zero attached hydrogens (tertiary/aromatic N) is 3. The molecule has 0 aliphatic carbocycles. The fourth-order valence-corrected chi connectivity index (χ4v) is 5.61. The number of aromatic nitrogens is 1. The normalized spacial score (nSPS) is 24.7. The molecule has 1 fully saturated rings. The molecule has 10 nitrogen and oxygen atoms in total. The average Bonchev–Trinajstić information content (AvgIpc) is 2.83. The number of hydrogen-bond donors (Lipinski definition) is 2. The lowest BCUT2D eigenvalue weighted by molar-refractivity contribution is -0.156. The number of piperazine rings is 1. The van der Waals surface area contributed by atoms with Gasteiger partial charge in [-0.05, 0) is 31.2 Å². The molecule has 3 heterocycles. The first kappa shape index (κ1) is 23.8. The van der Waals surface area contributed by atoms with Crippen LogP contribution in [0.2, 0.25) is 0 Å². The van der Waals surface area contributed by atoms with E-state index in [0.717, 1.165) is 9.69 Å². The molecule has 0 unspecified atom stereocenters. The molecule has 0 radical (unpaired) electrons. The molecule has 2 amide bonds. The van der Waals surface area contributed by atoms with Gasteiger partial charge in [0, 0.05) is 30.7 Å². The van der Waals surface area contributed by atoms with Gasteiger partial charge >= 0.3 is 5.97 Å². The summed E-state index contributed by atoms with van der Waals surface area (Å²) in [6, 6.07) is 6.01. The summed E-state index contributed by atoms with van der Waals surface area (Å²) in [5.41, 5.74) is 0.169. The molecule has 2 aromatic rings. The van der Waals surface area contributed by atoms with Crippen LogP contribution in [0.25, 0.3) is 10.8 Å². The van der Waals surface area contributed by atoms with E-state index in [1.165, 1.54) is 18.0 Å². The lowest BCUT2D eigenvalue weighted by Crippen LogP contribution is -2.66. The summed E-state index contributed by atoms with van der Waals surface area (Å²) in [5, 5.41) is 14.0. The standard InChI is InChI=1S/C23H26N4O6S/c1-2-34(32,33)26-13-16-8-4-6-10-18(22(29)27(16)19(14-26)23(30)31)25-21(28)20-17-9-5-3-7-15(17)11-12-24-20/h3-7,9,11-12,16,18-19H,2,8,10,13-14H2,1H3,(H,25,28)(H,30,31)/b6-4-/t16-,18-,19-/m0/s1. The Labute approximate surface area is 197 Å². The van der Waals surface area contributed by atoms with Crippen LogP contribution in [0, 0.1) is 0 Å². The number of fused-ring (bicyclic) bond motifs is 2. The van der Waals surface area contributed by atoms with E-state index < -0.39 is 45.9 Å². The Morgan fingerprint density at radius 2 is 1.88 bits per heavy atom. The van der Waals surface area contributed by atoms with Gasteiger partial charge < -0.3 is 15.3 Å². The average molecular weight is 487 g/mol. The number of rotatable bonds is 5. The molecule has 3 atom stereocenters. The van der Waals surface area contributed by atoms with Crippen molar-refractivity contribution in [2.24, 2.45) is 0 Å². The fraction of sp³-hybridized carbons (Fsp3) is 0.391. The maximum Gasteiger partial charge on any atom is 0.327 e. The highest BCUT2D eigenvalue weighted by molar-refractivity contribution is 7.89. The molecule has 0 spiro atoms. The summed E-state index contributed by atoms with van der Waals surface area (Å²) >= 11 is 0. The van der Waals surface area contributed by atoms with Crippen molar-refractivity contribution < 1.29 is 27.9 Å². The van der Waals surface area contributed by atoms with Crippen LogP contribution in [0.4, 0.5) is 0 Å². The second-order valence-corrected chi connectivity index (χ2v) is 10.6. The van der Waals surface area contributed by atoms with Crippen LogP contribution in [-0.4, -0.2) is 82.5 Å². The first-order valence-corrected chi connectivity index (χ1v) is 12.7. The third-order valence-electron chi connectivity index (χ3n) is 6.26.